The maximum atomic E-state index is 5.53. The smallest absolute Gasteiger partial charge is 0.0975 e. The third-order valence-corrected chi connectivity index (χ3v) is 2.61. The molecule has 1 aliphatic rings. The molecule has 14 heavy (non-hydrogen) atoms. The molecule has 0 spiro atoms. The van der Waals surface area contributed by atoms with Gasteiger partial charge in [0.1, 0.15) is 0 Å². The summed E-state index contributed by atoms with van der Waals surface area (Å²) in [6.07, 6.45) is 2.64. The highest BCUT2D eigenvalue weighted by molar-refractivity contribution is 5.24. The first-order chi connectivity index (χ1) is 6.90. The van der Waals surface area contributed by atoms with E-state index >= 15 is 0 Å². The molecule has 0 radical (unpaired) electrons. The van der Waals surface area contributed by atoms with Gasteiger partial charge < -0.3 is 4.74 Å². The maximum absolute atomic E-state index is 5.53. The zero-order valence-electron chi connectivity index (χ0n) is 8.62. The number of hydrogen-bond acceptors (Lipinski definition) is 2. The fourth-order valence-electron chi connectivity index (χ4n) is 1.81. The zero-order chi connectivity index (χ0) is 9.80. The lowest BCUT2D eigenvalue weighted by molar-refractivity contribution is 0.114. The molecule has 1 saturated heterocycles. The van der Waals surface area contributed by atoms with Gasteiger partial charge in [-0.3, -0.25) is 5.32 Å². The van der Waals surface area contributed by atoms with Crippen LogP contribution in [0.4, 0.5) is 0 Å². The Balaban J connectivity index is 2.05. The van der Waals surface area contributed by atoms with Gasteiger partial charge in [0, 0.05) is 6.54 Å². The number of nitrogens with one attached hydrogen (secondary N) is 1. The van der Waals surface area contributed by atoms with Gasteiger partial charge in [-0.1, -0.05) is 37.6 Å². The minimum Gasteiger partial charge on any atom is -0.357 e. The van der Waals surface area contributed by atoms with E-state index in [4.69, 9.17) is 4.74 Å². The molecule has 0 amide bonds. The van der Waals surface area contributed by atoms with Crippen LogP contribution in [0.3, 0.4) is 0 Å². The first kappa shape index (κ1) is 9.69. The van der Waals surface area contributed by atoms with E-state index in [1.54, 1.807) is 0 Å². The summed E-state index contributed by atoms with van der Waals surface area (Å²) in [7, 11) is 0. The largest absolute Gasteiger partial charge is 0.357 e. The SMILES string of the molecule is CCCc1ccc(C2CNCO2)cc1. The van der Waals surface area contributed by atoms with Gasteiger partial charge in [-0.2, -0.15) is 0 Å². The molecule has 1 aromatic carbocycles. The van der Waals surface area contributed by atoms with Crippen molar-refractivity contribution in [2.75, 3.05) is 13.3 Å². The fourth-order valence-corrected chi connectivity index (χ4v) is 1.81. The number of benzene rings is 1. The minimum absolute atomic E-state index is 0.255. The second-order valence-corrected chi connectivity index (χ2v) is 3.75. The highest BCUT2D eigenvalue weighted by atomic mass is 16.5. The van der Waals surface area contributed by atoms with Crippen molar-refractivity contribution in [1.82, 2.24) is 5.32 Å². The van der Waals surface area contributed by atoms with Gasteiger partial charge in [0.05, 0.1) is 12.8 Å². The Kier molecular flexibility index (Phi) is 3.17. The molecule has 0 saturated carbocycles. The van der Waals surface area contributed by atoms with Crippen LogP contribution in [0.2, 0.25) is 0 Å². The minimum atomic E-state index is 0.255. The molecule has 1 atom stereocenters. The summed E-state index contributed by atoms with van der Waals surface area (Å²) in [6, 6.07) is 8.78. The van der Waals surface area contributed by atoms with E-state index in [2.05, 4.69) is 36.5 Å². The van der Waals surface area contributed by atoms with Crippen LogP contribution in [0.1, 0.15) is 30.6 Å². The van der Waals surface area contributed by atoms with Gasteiger partial charge in [-0.15, -0.1) is 0 Å². The van der Waals surface area contributed by atoms with Crippen LogP contribution in [-0.2, 0) is 11.2 Å². The van der Waals surface area contributed by atoms with Crippen molar-refractivity contribution < 1.29 is 4.74 Å². The maximum Gasteiger partial charge on any atom is 0.0975 e. The van der Waals surface area contributed by atoms with Crippen molar-refractivity contribution in [1.29, 1.82) is 0 Å². The van der Waals surface area contributed by atoms with Crippen LogP contribution < -0.4 is 5.32 Å². The highest BCUT2D eigenvalue weighted by Crippen LogP contribution is 2.20. The Morgan fingerprint density at radius 3 is 2.71 bits per heavy atom. The van der Waals surface area contributed by atoms with Crippen molar-refractivity contribution in [3.63, 3.8) is 0 Å². The topological polar surface area (TPSA) is 21.3 Å². The lowest BCUT2D eigenvalue weighted by Crippen LogP contribution is -2.07. The van der Waals surface area contributed by atoms with Gasteiger partial charge in [-0.25, -0.2) is 0 Å². The normalized spacial score (nSPS) is 21.4. The summed E-state index contributed by atoms with van der Waals surface area (Å²) in [6.45, 7) is 3.83. The standard InChI is InChI=1S/C12H17NO/c1-2-3-10-4-6-11(7-5-10)12-8-13-9-14-12/h4-7,12-13H,2-3,8-9H2,1H3. The molecule has 1 N–H and O–H groups in total. The summed E-state index contributed by atoms with van der Waals surface area (Å²) in [5.41, 5.74) is 2.71. The van der Waals surface area contributed by atoms with Crippen molar-refractivity contribution in [3.8, 4) is 0 Å². The number of ether oxygens (including phenoxy) is 1. The molecule has 2 nitrogen and oxygen atoms in total. The van der Waals surface area contributed by atoms with Crippen LogP contribution in [0.15, 0.2) is 24.3 Å². The Hall–Kier alpha value is -0.860. The van der Waals surface area contributed by atoms with Gasteiger partial charge >= 0.3 is 0 Å². The van der Waals surface area contributed by atoms with Crippen molar-refractivity contribution in [2.45, 2.75) is 25.9 Å². The highest BCUT2D eigenvalue weighted by Gasteiger charge is 2.16. The average Bonchev–Trinajstić information content (AvgIpc) is 2.72. The molecule has 1 heterocycles. The molecule has 1 aliphatic heterocycles. The predicted octanol–water partition coefficient (Wildman–Crippen LogP) is 2.26. The Bertz CT molecular complexity index is 275. The first-order valence-electron chi connectivity index (χ1n) is 5.31. The summed E-state index contributed by atoms with van der Waals surface area (Å²) in [5.74, 6) is 0. The second kappa shape index (κ2) is 4.58. The van der Waals surface area contributed by atoms with E-state index < -0.39 is 0 Å². The van der Waals surface area contributed by atoms with Crippen LogP contribution >= 0.6 is 0 Å². The first-order valence-corrected chi connectivity index (χ1v) is 5.31. The third-order valence-electron chi connectivity index (χ3n) is 2.61. The van der Waals surface area contributed by atoms with E-state index in [9.17, 15) is 0 Å². The molecular formula is C12H17NO. The second-order valence-electron chi connectivity index (χ2n) is 3.75. The van der Waals surface area contributed by atoms with Crippen LogP contribution in [-0.4, -0.2) is 13.3 Å². The van der Waals surface area contributed by atoms with Crippen LogP contribution in [0, 0.1) is 0 Å². The Morgan fingerprint density at radius 2 is 2.14 bits per heavy atom. The number of rotatable bonds is 3. The molecule has 0 aliphatic carbocycles. The summed E-state index contributed by atoms with van der Waals surface area (Å²) >= 11 is 0. The lowest BCUT2D eigenvalue weighted by atomic mass is 10.0. The quantitative estimate of drug-likeness (QED) is 0.791. The monoisotopic (exact) mass is 191 g/mol. The van der Waals surface area contributed by atoms with E-state index in [-0.39, 0.29) is 6.10 Å². The van der Waals surface area contributed by atoms with Gasteiger partial charge in [0.2, 0.25) is 0 Å². The summed E-state index contributed by atoms with van der Waals surface area (Å²) < 4.78 is 5.53. The van der Waals surface area contributed by atoms with Gasteiger partial charge in [0.25, 0.3) is 0 Å². The molecular weight excluding hydrogens is 174 g/mol. The Morgan fingerprint density at radius 1 is 1.36 bits per heavy atom. The molecule has 1 unspecified atom stereocenters. The van der Waals surface area contributed by atoms with E-state index in [0.29, 0.717) is 6.73 Å². The average molecular weight is 191 g/mol. The third kappa shape index (κ3) is 2.14. The molecule has 2 rings (SSSR count). The van der Waals surface area contributed by atoms with E-state index in [0.717, 1.165) is 6.54 Å². The zero-order valence-corrected chi connectivity index (χ0v) is 8.62. The van der Waals surface area contributed by atoms with Gasteiger partial charge in [-0.05, 0) is 17.5 Å². The molecule has 0 aromatic heterocycles. The molecule has 2 heteroatoms. The van der Waals surface area contributed by atoms with Crippen molar-refractivity contribution >= 4 is 0 Å². The summed E-state index contributed by atoms with van der Waals surface area (Å²) in [4.78, 5) is 0. The fraction of sp³-hybridized carbons (Fsp3) is 0.500. The summed E-state index contributed by atoms with van der Waals surface area (Å²) in [5, 5.41) is 3.19. The number of aryl methyl sites for hydroxylation is 1. The van der Waals surface area contributed by atoms with Crippen molar-refractivity contribution in [2.24, 2.45) is 0 Å². The number of hydrogen-bond donors (Lipinski definition) is 1. The lowest BCUT2D eigenvalue weighted by Gasteiger charge is -2.09. The van der Waals surface area contributed by atoms with Crippen LogP contribution in [0.25, 0.3) is 0 Å². The molecule has 1 aromatic rings. The molecule has 0 bridgehead atoms. The van der Waals surface area contributed by atoms with E-state index in [1.165, 1.54) is 24.0 Å². The van der Waals surface area contributed by atoms with Crippen molar-refractivity contribution in [3.05, 3.63) is 35.4 Å². The molecule has 1 fully saturated rings. The van der Waals surface area contributed by atoms with Gasteiger partial charge in [0.15, 0.2) is 0 Å². The Labute approximate surface area is 85.3 Å². The predicted molar refractivity (Wildman–Crippen MR) is 57.1 cm³/mol. The van der Waals surface area contributed by atoms with Crippen LogP contribution in [0.5, 0.6) is 0 Å². The molecule has 76 valence electrons. The van der Waals surface area contributed by atoms with E-state index in [1.807, 2.05) is 0 Å².